The molecule has 0 saturated heterocycles. The van der Waals surface area contributed by atoms with Crippen LogP contribution in [0.1, 0.15) is 26.6 Å². The van der Waals surface area contributed by atoms with Gasteiger partial charge in [-0.2, -0.15) is 13.9 Å². The van der Waals surface area contributed by atoms with Gasteiger partial charge in [0.15, 0.2) is 11.5 Å². The molecule has 0 radical (unpaired) electrons. The van der Waals surface area contributed by atoms with Crippen molar-refractivity contribution in [3.8, 4) is 22.1 Å². The summed E-state index contributed by atoms with van der Waals surface area (Å²) in [5.74, 6) is -0.591. The summed E-state index contributed by atoms with van der Waals surface area (Å²) in [4.78, 5) is 30.1. The van der Waals surface area contributed by atoms with Crippen molar-refractivity contribution in [2.75, 3.05) is 12.4 Å². The highest BCUT2D eigenvalue weighted by Gasteiger charge is 2.21. The summed E-state index contributed by atoms with van der Waals surface area (Å²) >= 11 is 1.07. The van der Waals surface area contributed by atoms with Gasteiger partial charge in [-0.3, -0.25) is 9.59 Å². The van der Waals surface area contributed by atoms with Crippen LogP contribution in [0.5, 0.6) is 11.5 Å². The predicted molar refractivity (Wildman–Crippen MR) is 112 cm³/mol. The molecule has 0 aliphatic carbocycles. The average Bonchev–Trinajstić information content (AvgIpc) is 3.08. The van der Waals surface area contributed by atoms with Crippen molar-refractivity contribution in [1.82, 2.24) is 14.8 Å². The maximum atomic E-state index is 12.8. The number of aromatic nitrogens is 3. The maximum absolute atomic E-state index is 12.8. The largest absolute Gasteiger partial charge is 0.493 e. The number of carbonyl (C=O) groups is 1. The van der Waals surface area contributed by atoms with Crippen molar-refractivity contribution in [2.45, 2.75) is 27.4 Å². The van der Waals surface area contributed by atoms with Crippen molar-refractivity contribution in [2.24, 2.45) is 7.05 Å². The summed E-state index contributed by atoms with van der Waals surface area (Å²) in [6.07, 6.45) is 0. The van der Waals surface area contributed by atoms with E-state index >= 15 is 0 Å². The number of benzene rings is 1. The Morgan fingerprint density at radius 2 is 1.90 bits per heavy atom. The Morgan fingerprint density at radius 1 is 1.19 bits per heavy atom. The topological polar surface area (TPSA) is 95.3 Å². The van der Waals surface area contributed by atoms with Crippen LogP contribution in [0.2, 0.25) is 0 Å². The maximum Gasteiger partial charge on any atom is 0.387 e. The highest BCUT2D eigenvalue weighted by molar-refractivity contribution is 7.17. The molecule has 0 aliphatic rings. The number of halogens is 2. The van der Waals surface area contributed by atoms with E-state index in [1.807, 2.05) is 0 Å². The van der Waals surface area contributed by atoms with Crippen molar-refractivity contribution in [3.05, 3.63) is 50.4 Å². The highest BCUT2D eigenvalue weighted by atomic mass is 32.1. The molecule has 1 N–H and O–H groups in total. The quantitative estimate of drug-likeness (QED) is 0.616. The number of anilines is 1. The van der Waals surface area contributed by atoms with Gasteiger partial charge in [0.2, 0.25) is 0 Å². The molecule has 2 aromatic heterocycles. The molecule has 11 heteroatoms. The van der Waals surface area contributed by atoms with Gasteiger partial charge in [0.05, 0.1) is 24.1 Å². The van der Waals surface area contributed by atoms with Gasteiger partial charge in [0.1, 0.15) is 9.88 Å². The Kier molecular flexibility index (Phi) is 6.34. The number of ether oxygens (including phenoxy) is 2. The molecule has 0 atom stereocenters. The number of hydrogen-bond donors (Lipinski definition) is 1. The molecule has 2 heterocycles. The van der Waals surface area contributed by atoms with Crippen molar-refractivity contribution >= 4 is 22.9 Å². The number of thiazole rings is 1. The lowest BCUT2D eigenvalue weighted by molar-refractivity contribution is -0.0511. The molecule has 1 amide bonds. The summed E-state index contributed by atoms with van der Waals surface area (Å²) in [5, 5.41) is 7.19. The molecule has 8 nitrogen and oxygen atoms in total. The van der Waals surface area contributed by atoms with E-state index in [1.165, 1.54) is 30.0 Å². The van der Waals surface area contributed by atoms with E-state index in [0.717, 1.165) is 11.3 Å². The Balaban J connectivity index is 1.94. The fraction of sp³-hybridized carbons (Fsp3) is 0.300. The summed E-state index contributed by atoms with van der Waals surface area (Å²) < 4.78 is 35.9. The molecule has 0 fully saturated rings. The lowest BCUT2D eigenvalue weighted by Gasteiger charge is -2.12. The van der Waals surface area contributed by atoms with E-state index in [-0.39, 0.29) is 27.6 Å². The number of carbonyl (C=O) groups excluding carboxylic acids is 1. The molecule has 1 aromatic carbocycles. The van der Waals surface area contributed by atoms with Gasteiger partial charge in [-0.1, -0.05) is 0 Å². The zero-order valence-electron chi connectivity index (χ0n) is 17.4. The molecule has 0 spiro atoms. The second-order valence-electron chi connectivity index (χ2n) is 6.65. The number of rotatable bonds is 6. The van der Waals surface area contributed by atoms with Gasteiger partial charge in [-0.15, -0.1) is 11.3 Å². The minimum atomic E-state index is -3.04. The number of alkyl halides is 2. The standard InChI is InChI=1S/C20H20F2N4O4S/c1-9-10(2)25-26(4)19(28)15(9)18-23-11(3)16(31-18)17(27)24-12-6-7-13(29-5)14(8-12)30-20(21)22/h6-8,20H,1-5H3,(H,24,27). The zero-order chi connectivity index (χ0) is 22.9. The van der Waals surface area contributed by atoms with Crippen LogP contribution in [-0.2, 0) is 7.05 Å². The van der Waals surface area contributed by atoms with Crippen LogP contribution in [0.3, 0.4) is 0 Å². The van der Waals surface area contributed by atoms with Gasteiger partial charge in [0.25, 0.3) is 11.5 Å². The fourth-order valence-electron chi connectivity index (χ4n) is 2.94. The molecule has 164 valence electrons. The van der Waals surface area contributed by atoms with Gasteiger partial charge in [-0.25, -0.2) is 9.67 Å². The number of hydrogen-bond acceptors (Lipinski definition) is 7. The normalized spacial score (nSPS) is 11.0. The van der Waals surface area contributed by atoms with Crippen molar-refractivity contribution in [3.63, 3.8) is 0 Å². The Labute approximate surface area is 180 Å². The molecule has 3 rings (SSSR count). The van der Waals surface area contributed by atoms with E-state index in [9.17, 15) is 18.4 Å². The summed E-state index contributed by atoms with van der Waals surface area (Å²) in [6, 6.07) is 4.15. The molecule has 0 saturated carbocycles. The van der Waals surface area contributed by atoms with Crippen LogP contribution in [0, 0.1) is 20.8 Å². The first kappa shape index (κ1) is 22.3. The highest BCUT2D eigenvalue weighted by Crippen LogP contribution is 2.33. The second kappa shape index (κ2) is 8.80. The molecular weight excluding hydrogens is 430 g/mol. The number of aryl methyl sites for hydroxylation is 3. The van der Waals surface area contributed by atoms with Crippen LogP contribution in [0.4, 0.5) is 14.5 Å². The van der Waals surface area contributed by atoms with Crippen LogP contribution >= 0.6 is 11.3 Å². The molecule has 0 aliphatic heterocycles. The van der Waals surface area contributed by atoms with Crippen LogP contribution in [-0.4, -0.2) is 34.4 Å². The summed E-state index contributed by atoms with van der Waals surface area (Å²) in [5.41, 5.74) is 2.12. The van der Waals surface area contributed by atoms with Crippen LogP contribution in [0.25, 0.3) is 10.6 Å². The number of nitrogens with one attached hydrogen (secondary N) is 1. The predicted octanol–water partition coefficient (Wildman–Crippen LogP) is 3.69. The summed E-state index contributed by atoms with van der Waals surface area (Å²) in [7, 11) is 2.87. The van der Waals surface area contributed by atoms with Gasteiger partial charge >= 0.3 is 6.61 Å². The lowest BCUT2D eigenvalue weighted by Crippen LogP contribution is -2.23. The average molecular weight is 450 g/mol. The molecule has 3 aromatic rings. The Morgan fingerprint density at radius 3 is 2.55 bits per heavy atom. The first-order chi connectivity index (χ1) is 14.6. The van der Waals surface area contributed by atoms with E-state index in [2.05, 4.69) is 20.1 Å². The van der Waals surface area contributed by atoms with Crippen molar-refractivity contribution < 1.29 is 23.0 Å². The van der Waals surface area contributed by atoms with Crippen LogP contribution < -0.4 is 20.3 Å². The van der Waals surface area contributed by atoms with E-state index < -0.39 is 12.5 Å². The second-order valence-corrected chi connectivity index (χ2v) is 7.65. The SMILES string of the molecule is COc1ccc(NC(=O)c2sc(-c3c(C)c(C)nn(C)c3=O)nc2C)cc1OC(F)F. The van der Waals surface area contributed by atoms with Gasteiger partial charge < -0.3 is 14.8 Å². The van der Waals surface area contributed by atoms with E-state index in [0.29, 0.717) is 27.5 Å². The van der Waals surface area contributed by atoms with Gasteiger partial charge in [0, 0.05) is 18.8 Å². The minimum Gasteiger partial charge on any atom is -0.493 e. The summed E-state index contributed by atoms with van der Waals surface area (Å²) in [6.45, 7) is 2.18. The Bertz CT molecular complexity index is 1210. The van der Waals surface area contributed by atoms with Crippen LogP contribution in [0.15, 0.2) is 23.0 Å². The van der Waals surface area contributed by atoms with Crippen molar-refractivity contribution in [1.29, 1.82) is 0 Å². The smallest absolute Gasteiger partial charge is 0.387 e. The first-order valence-corrected chi connectivity index (χ1v) is 9.90. The lowest BCUT2D eigenvalue weighted by atomic mass is 10.1. The minimum absolute atomic E-state index is 0.105. The fourth-order valence-corrected chi connectivity index (χ4v) is 4.00. The van der Waals surface area contributed by atoms with E-state index in [4.69, 9.17) is 4.74 Å². The molecular formula is C20H20F2N4O4S. The van der Waals surface area contributed by atoms with Gasteiger partial charge in [-0.05, 0) is 38.5 Å². The third-order valence-electron chi connectivity index (χ3n) is 4.58. The zero-order valence-corrected chi connectivity index (χ0v) is 18.3. The number of nitrogens with zero attached hydrogens (tertiary/aromatic N) is 3. The first-order valence-electron chi connectivity index (χ1n) is 9.08. The van der Waals surface area contributed by atoms with E-state index in [1.54, 1.807) is 27.8 Å². The molecule has 0 unspecified atom stereocenters. The number of amides is 1. The molecule has 31 heavy (non-hydrogen) atoms. The number of methoxy groups -OCH3 is 1. The monoisotopic (exact) mass is 450 g/mol. The third-order valence-corrected chi connectivity index (χ3v) is 5.75. The third kappa shape index (κ3) is 4.55. The molecule has 0 bridgehead atoms. The Hall–Kier alpha value is -3.34.